The number of ether oxygens (including phenoxy) is 3. The molecule has 0 bridgehead atoms. The minimum atomic E-state index is -0.483. The summed E-state index contributed by atoms with van der Waals surface area (Å²) in [5.41, 5.74) is 0.904. The molecule has 0 saturated carbocycles. The minimum Gasteiger partial charge on any atom is -0.458 e. The highest BCUT2D eigenvalue weighted by molar-refractivity contribution is 5.88. The Morgan fingerprint density at radius 3 is 2.59 bits per heavy atom. The van der Waals surface area contributed by atoms with Gasteiger partial charge in [-0.3, -0.25) is 0 Å². The molecule has 96 valence electrons. The molecule has 0 aliphatic heterocycles. The van der Waals surface area contributed by atoms with Gasteiger partial charge in [-0.05, 0) is 6.92 Å². The first-order valence-electron chi connectivity index (χ1n) is 5.25. The van der Waals surface area contributed by atoms with Crippen molar-refractivity contribution in [2.24, 2.45) is 0 Å². The van der Waals surface area contributed by atoms with Crippen molar-refractivity contribution in [3.63, 3.8) is 0 Å². The molecule has 0 aliphatic carbocycles. The number of esters is 1. The summed E-state index contributed by atoms with van der Waals surface area (Å²) in [7, 11) is 3.15. The third-order valence-corrected chi connectivity index (χ3v) is 2.20. The molecular formula is C10H17N3O4. The van der Waals surface area contributed by atoms with Crippen LogP contribution < -0.4 is 0 Å². The summed E-state index contributed by atoms with van der Waals surface area (Å²) in [5, 5.41) is 7.65. The predicted molar refractivity (Wildman–Crippen MR) is 58.8 cm³/mol. The molecule has 1 aromatic heterocycles. The lowest BCUT2D eigenvalue weighted by atomic mass is 10.3. The number of hydrogen-bond donors (Lipinski definition) is 0. The van der Waals surface area contributed by atoms with E-state index in [0.29, 0.717) is 25.5 Å². The Labute approximate surface area is 99.6 Å². The summed E-state index contributed by atoms with van der Waals surface area (Å²) in [4.78, 5) is 11.6. The zero-order valence-corrected chi connectivity index (χ0v) is 10.3. The van der Waals surface area contributed by atoms with Crippen LogP contribution in [0.1, 0.15) is 16.2 Å². The van der Waals surface area contributed by atoms with Gasteiger partial charge in [0.2, 0.25) is 0 Å². The average Bonchev–Trinajstić information content (AvgIpc) is 2.68. The fraction of sp³-hybridized carbons (Fsp3) is 0.700. The Morgan fingerprint density at radius 2 is 1.94 bits per heavy atom. The third-order valence-electron chi connectivity index (χ3n) is 2.20. The van der Waals surface area contributed by atoms with Gasteiger partial charge in [-0.1, -0.05) is 5.21 Å². The van der Waals surface area contributed by atoms with Crippen molar-refractivity contribution in [2.75, 3.05) is 34.0 Å². The van der Waals surface area contributed by atoms with E-state index in [0.717, 1.165) is 0 Å². The second kappa shape index (κ2) is 6.97. The molecule has 0 saturated heterocycles. The molecule has 1 aromatic rings. The van der Waals surface area contributed by atoms with Crippen LogP contribution in [0.15, 0.2) is 0 Å². The topological polar surface area (TPSA) is 75.5 Å². The van der Waals surface area contributed by atoms with Gasteiger partial charge in [-0.25, -0.2) is 9.48 Å². The van der Waals surface area contributed by atoms with E-state index in [4.69, 9.17) is 14.2 Å². The van der Waals surface area contributed by atoms with Crippen LogP contribution in [-0.2, 0) is 20.8 Å². The lowest BCUT2D eigenvalue weighted by Gasteiger charge is -2.03. The van der Waals surface area contributed by atoms with Crippen LogP contribution in [0.4, 0.5) is 0 Å². The van der Waals surface area contributed by atoms with E-state index in [1.54, 1.807) is 25.8 Å². The normalized spacial score (nSPS) is 10.5. The van der Waals surface area contributed by atoms with E-state index in [-0.39, 0.29) is 12.3 Å². The molecule has 0 aliphatic rings. The molecule has 7 nitrogen and oxygen atoms in total. The van der Waals surface area contributed by atoms with Crippen LogP contribution in [0, 0.1) is 6.92 Å². The SMILES string of the molecule is COCCOC(=O)c1nnn(CCOC)c1C. The quantitative estimate of drug-likeness (QED) is 0.497. The molecule has 0 N–H and O–H groups in total. The molecule has 1 heterocycles. The van der Waals surface area contributed by atoms with Crippen LogP contribution in [-0.4, -0.2) is 55.0 Å². The van der Waals surface area contributed by atoms with Crippen LogP contribution in [0.3, 0.4) is 0 Å². The van der Waals surface area contributed by atoms with Crippen LogP contribution in [0.2, 0.25) is 0 Å². The first-order chi connectivity index (χ1) is 8.20. The lowest BCUT2D eigenvalue weighted by molar-refractivity contribution is 0.0380. The lowest BCUT2D eigenvalue weighted by Crippen LogP contribution is -2.12. The van der Waals surface area contributed by atoms with Gasteiger partial charge in [-0.15, -0.1) is 5.10 Å². The molecule has 17 heavy (non-hydrogen) atoms. The zero-order valence-electron chi connectivity index (χ0n) is 10.3. The van der Waals surface area contributed by atoms with Gasteiger partial charge < -0.3 is 14.2 Å². The molecule has 1 rings (SSSR count). The zero-order chi connectivity index (χ0) is 12.7. The first-order valence-corrected chi connectivity index (χ1v) is 5.25. The summed E-state index contributed by atoms with van der Waals surface area (Å²) in [6.07, 6.45) is 0. The standard InChI is InChI=1S/C10H17N3O4/c1-8-9(10(14)17-7-6-16-3)11-12-13(8)4-5-15-2/h4-7H2,1-3H3. The van der Waals surface area contributed by atoms with Gasteiger partial charge in [0.15, 0.2) is 5.69 Å². The highest BCUT2D eigenvalue weighted by Gasteiger charge is 2.17. The molecule has 0 radical (unpaired) electrons. The van der Waals surface area contributed by atoms with Crippen molar-refractivity contribution in [3.8, 4) is 0 Å². The molecule has 0 amide bonds. The van der Waals surface area contributed by atoms with Gasteiger partial charge in [0.25, 0.3) is 0 Å². The highest BCUT2D eigenvalue weighted by Crippen LogP contribution is 2.05. The van der Waals surface area contributed by atoms with E-state index in [1.807, 2.05) is 0 Å². The molecule has 0 atom stereocenters. The van der Waals surface area contributed by atoms with E-state index >= 15 is 0 Å². The van der Waals surface area contributed by atoms with Crippen molar-refractivity contribution in [1.82, 2.24) is 15.0 Å². The van der Waals surface area contributed by atoms with Crippen molar-refractivity contribution in [3.05, 3.63) is 11.4 Å². The fourth-order valence-corrected chi connectivity index (χ4v) is 1.23. The van der Waals surface area contributed by atoms with E-state index < -0.39 is 5.97 Å². The largest absolute Gasteiger partial charge is 0.458 e. The Balaban J connectivity index is 2.58. The minimum absolute atomic E-state index is 0.208. The molecule has 0 aromatic carbocycles. The number of rotatable bonds is 7. The summed E-state index contributed by atoms with van der Waals surface area (Å²) in [6, 6.07) is 0. The smallest absolute Gasteiger partial charge is 0.360 e. The molecule has 0 unspecified atom stereocenters. The van der Waals surface area contributed by atoms with Crippen molar-refractivity contribution >= 4 is 5.97 Å². The van der Waals surface area contributed by atoms with Gasteiger partial charge in [-0.2, -0.15) is 0 Å². The Morgan fingerprint density at radius 1 is 1.24 bits per heavy atom. The molecule has 0 spiro atoms. The second-order valence-corrected chi connectivity index (χ2v) is 3.37. The number of carbonyl (C=O) groups is 1. The Bertz CT molecular complexity index is 364. The van der Waals surface area contributed by atoms with Gasteiger partial charge in [0.1, 0.15) is 6.61 Å². The van der Waals surface area contributed by atoms with Crippen molar-refractivity contribution in [2.45, 2.75) is 13.5 Å². The molecule has 7 heteroatoms. The summed E-state index contributed by atoms with van der Waals surface area (Å²) in [6.45, 7) is 3.41. The number of aromatic nitrogens is 3. The van der Waals surface area contributed by atoms with Crippen LogP contribution in [0.25, 0.3) is 0 Å². The van der Waals surface area contributed by atoms with Crippen LogP contribution >= 0.6 is 0 Å². The summed E-state index contributed by atoms with van der Waals surface area (Å²) in [5.74, 6) is -0.483. The maximum absolute atomic E-state index is 11.6. The predicted octanol–water partition coefficient (Wildman–Crippen LogP) is 0.0361. The van der Waals surface area contributed by atoms with E-state index in [9.17, 15) is 4.79 Å². The van der Waals surface area contributed by atoms with Crippen molar-refractivity contribution in [1.29, 1.82) is 0 Å². The number of nitrogens with zero attached hydrogens (tertiary/aromatic N) is 3. The summed E-state index contributed by atoms with van der Waals surface area (Å²) >= 11 is 0. The van der Waals surface area contributed by atoms with E-state index in [1.165, 1.54) is 0 Å². The van der Waals surface area contributed by atoms with Crippen LogP contribution in [0.5, 0.6) is 0 Å². The highest BCUT2D eigenvalue weighted by atomic mass is 16.6. The number of carbonyl (C=O) groups excluding carboxylic acids is 1. The summed E-state index contributed by atoms with van der Waals surface area (Å²) < 4.78 is 16.3. The maximum atomic E-state index is 11.6. The second-order valence-electron chi connectivity index (χ2n) is 3.37. The van der Waals surface area contributed by atoms with Crippen molar-refractivity contribution < 1.29 is 19.0 Å². The van der Waals surface area contributed by atoms with Gasteiger partial charge in [0.05, 0.1) is 25.5 Å². The van der Waals surface area contributed by atoms with Gasteiger partial charge in [0, 0.05) is 14.2 Å². The fourth-order valence-electron chi connectivity index (χ4n) is 1.23. The number of methoxy groups -OCH3 is 2. The first kappa shape index (κ1) is 13.6. The molecular weight excluding hydrogens is 226 g/mol. The van der Waals surface area contributed by atoms with E-state index in [2.05, 4.69) is 10.3 Å². The average molecular weight is 243 g/mol. The maximum Gasteiger partial charge on any atom is 0.360 e. The number of hydrogen-bond acceptors (Lipinski definition) is 6. The third kappa shape index (κ3) is 3.79. The monoisotopic (exact) mass is 243 g/mol. The Hall–Kier alpha value is -1.47. The van der Waals surface area contributed by atoms with Gasteiger partial charge >= 0.3 is 5.97 Å². The molecule has 0 fully saturated rings. The Kier molecular flexibility index (Phi) is 5.58.